The average molecular weight is 370 g/mol. The van der Waals surface area contributed by atoms with Crippen molar-refractivity contribution in [2.75, 3.05) is 20.5 Å². The van der Waals surface area contributed by atoms with Crippen LogP contribution in [0.3, 0.4) is 0 Å². The summed E-state index contributed by atoms with van der Waals surface area (Å²) in [6, 6.07) is 9.61. The Morgan fingerprint density at radius 2 is 1.74 bits per heavy atom. The van der Waals surface area contributed by atoms with Crippen LogP contribution in [-0.2, 0) is 16.0 Å². The minimum absolute atomic E-state index is 0.112. The molecule has 0 aromatic heterocycles. The lowest BCUT2D eigenvalue weighted by Gasteiger charge is -2.10. The van der Waals surface area contributed by atoms with Crippen LogP contribution in [0.2, 0.25) is 0 Å². The fraction of sp³-hybridized carbons (Fsp3) is 0.250. The van der Waals surface area contributed by atoms with Crippen molar-refractivity contribution in [3.63, 3.8) is 0 Å². The van der Waals surface area contributed by atoms with Crippen molar-refractivity contribution in [3.8, 4) is 17.2 Å². The summed E-state index contributed by atoms with van der Waals surface area (Å²) >= 11 is 0. The minimum atomic E-state index is -0.594. The maximum atomic E-state index is 12.2. The van der Waals surface area contributed by atoms with Gasteiger partial charge in [-0.15, -0.1) is 0 Å². The van der Waals surface area contributed by atoms with Gasteiger partial charge in [0, 0.05) is 16.7 Å². The zero-order valence-electron chi connectivity index (χ0n) is 14.9. The van der Waals surface area contributed by atoms with Crippen molar-refractivity contribution in [2.24, 2.45) is 0 Å². The Morgan fingerprint density at radius 1 is 1.00 bits per heavy atom. The summed E-state index contributed by atoms with van der Waals surface area (Å²) in [5.41, 5.74) is 1.35. The van der Waals surface area contributed by atoms with Crippen molar-refractivity contribution in [1.29, 1.82) is 0 Å². The second-order valence-electron chi connectivity index (χ2n) is 5.91. The van der Waals surface area contributed by atoms with Crippen LogP contribution in [0.1, 0.15) is 33.2 Å². The Morgan fingerprint density at radius 3 is 2.48 bits per heavy atom. The van der Waals surface area contributed by atoms with Crippen LogP contribution in [0.4, 0.5) is 0 Å². The molecule has 27 heavy (non-hydrogen) atoms. The first-order valence-electron chi connectivity index (χ1n) is 8.24. The van der Waals surface area contributed by atoms with E-state index in [4.69, 9.17) is 18.9 Å². The van der Waals surface area contributed by atoms with Gasteiger partial charge in [0.2, 0.25) is 6.79 Å². The number of ether oxygens (including phenoxy) is 4. The zero-order valence-corrected chi connectivity index (χ0v) is 14.9. The van der Waals surface area contributed by atoms with Crippen molar-refractivity contribution < 1.29 is 33.3 Å². The highest BCUT2D eigenvalue weighted by atomic mass is 16.7. The fourth-order valence-electron chi connectivity index (χ4n) is 2.64. The van der Waals surface area contributed by atoms with Crippen LogP contribution < -0.4 is 14.2 Å². The number of Topliss-reactive ketones (excluding diaryl/α,β-unsaturated/α-hetero) is 2. The van der Waals surface area contributed by atoms with E-state index in [0.717, 1.165) is 0 Å². The van der Waals surface area contributed by atoms with Gasteiger partial charge in [-0.05, 0) is 43.3 Å². The Kier molecular flexibility index (Phi) is 5.40. The number of ketones is 2. The predicted octanol–water partition coefficient (Wildman–Crippen LogP) is 2.60. The second-order valence-corrected chi connectivity index (χ2v) is 5.91. The molecule has 1 heterocycles. The number of fused-ring (bicyclic) bond motifs is 1. The lowest BCUT2D eigenvalue weighted by atomic mass is 10.0. The molecular weight excluding hydrogens is 352 g/mol. The third kappa shape index (κ3) is 4.25. The van der Waals surface area contributed by atoms with Crippen molar-refractivity contribution in [1.82, 2.24) is 0 Å². The van der Waals surface area contributed by atoms with Gasteiger partial charge < -0.3 is 18.9 Å². The number of hydrogen-bond donors (Lipinski definition) is 0. The summed E-state index contributed by atoms with van der Waals surface area (Å²) in [6.45, 7) is 1.16. The topological polar surface area (TPSA) is 88.1 Å². The monoisotopic (exact) mass is 370 g/mol. The Bertz CT molecular complexity index is 901. The molecule has 0 amide bonds. The zero-order chi connectivity index (χ0) is 19.4. The van der Waals surface area contributed by atoms with E-state index in [1.54, 1.807) is 36.4 Å². The molecule has 1 aliphatic rings. The van der Waals surface area contributed by atoms with Crippen LogP contribution in [0.25, 0.3) is 0 Å². The highest BCUT2D eigenvalue weighted by molar-refractivity contribution is 5.98. The molecule has 3 rings (SSSR count). The number of carbonyl (C=O) groups is 3. The van der Waals surface area contributed by atoms with Gasteiger partial charge in [0.05, 0.1) is 13.5 Å². The van der Waals surface area contributed by atoms with Crippen molar-refractivity contribution in [2.45, 2.75) is 13.3 Å². The van der Waals surface area contributed by atoms with E-state index in [9.17, 15) is 14.4 Å². The Labute approximate surface area is 155 Å². The summed E-state index contributed by atoms with van der Waals surface area (Å²) in [5, 5.41) is 0. The van der Waals surface area contributed by atoms with Crippen LogP contribution in [0.5, 0.6) is 17.2 Å². The molecule has 7 nitrogen and oxygen atoms in total. The van der Waals surface area contributed by atoms with Gasteiger partial charge in [-0.25, -0.2) is 0 Å². The van der Waals surface area contributed by atoms with E-state index in [1.807, 2.05) is 0 Å². The van der Waals surface area contributed by atoms with E-state index in [-0.39, 0.29) is 24.8 Å². The maximum absolute atomic E-state index is 12.2. The second kappa shape index (κ2) is 7.90. The molecule has 7 heteroatoms. The molecule has 0 spiro atoms. The van der Waals surface area contributed by atoms with Crippen molar-refractivity contribution in [3.05, 3.63) is 53.1 Å². The lowest BCUT2D eigenvalue weighted by Crippen LogP contribution is -2.16. The number of esters is 1. The van der Waals surface area contributed by atoms with Gasteiger partial charge in [0.15, 0.2) is 29.7 Å². The molecule has 2 aromatic rings. The Hall–Kier alpha value is -3.35. The van der Waals surface area contributed by atoms with E-state index in [0.29, 0.717) is 33.9 Å². The molecule has 0 saturated heterocycles. The smallest absolute Gasteiger partial charge is 0.310 e. The Balaban J connectivity index is 1.62. The van der Waals surface area contributed by atoms with Crippen molar-refractivity contribution >= 4 is 17.5 Å². The first-order valence-corrected chi connectivity index (χ1v) is 8.24. The maximum Gasteiger partial charge on any atom is 0.310 e. The standard InChI is InChI=1S/C20H18O7/c1-12(21)13-3-5-17(24-2)15(7-13)9-20(23)25-10-16(22)14-4-6-18-19(8-14)27-11-26-18/h3-8H,9-11H2,1-2H3. The van der Waals surface area contributed by atoms with Gasteiger partial charge in [-0.1, -0.05) is 0 Å². The first-order chi connectivity index (χ1) is 13.0. The SMILES string of the molecule is COc1ccc(C(C)=O)cc1CC(=O)OCC(=O)c1ccc2c(c1)OCO2. The molecule has 2 aromatic carbocycles. The molecule has 0 unspecified atom stereocenters. The van der Waals surface area contributed by atoms with Gasteiger partial charge in [0.25, 0.3) is 0 Å². The fourth-order valence-corrected chi connectivity index (χ4v) is 2.64. The minimum Gasteiger partial charge on any atom is -0.496 e. The van der Waals surface area contributed by atoms with Crippen LogP contribution in [0.15, 0.2) is 36.4 Å². The highest BCUT2D eigenvalue weighted by Crippen LogP contribution is 2.32. The summed E-state index contributed by atoms with van der Waals surface area (Å²) in [5.74, 6) is 0.456. The molecule has 140 valence electrons. The summed E-state index contributed by atoms with van der Waals surface area (Å²) in [7, 11) is 1.47. The molecule has 0 N–H and O–H groups in total. The number of carbonyl (C=O) groups excluding carboxylic acids is 3. The molecular formula is C20H18O7. The lowest BCUT2D eigenvalue weighted by molar-refractivity contribution is -0.141. The van der Waals surface area contributed by atoms with E-state index < -0.39 is 12.6 Å². The third-order valence-corrected chi connectivity index (χ3v) is 4.08. The van der Waals surface area contributed by atoms with E-state index in [2.05, 4.69) is 0 Å². The summed E-state index contributed by atoms with van der Waals surface area (Å²) < 4.78 is 20.7. The third-order valence-electron chi connectivity index (χ3n) is 4.08. The van der Waals surface area contributed by atoms with Crippen LogP contribution in [-0.4, -0.2) is 38.0 Å². The quantitative estimate of drug-likeness (QED) is 0.547. The van der Waals surface area contributed by atoms with Gasteiger partial charge >= 0.3 is 5.97 Å². The molecule has 1 aliphatic heterocycles. The molecule has 0 atom stereocenters. The number of hydrogen-bond acceptors (Lipinski definition) is 7. The molecule has 0 aliphatic carbocycles. The molecule has 0 bridgehead atoms. The average Bonchev–Trinajstić information content (AvgIpc) is 3.13. The number of benzene rings is 2. The highest BCUT2D eigenvalue weighted by Gasteiger charge is 2.18. The summed E-state index contributed by atoms with van der Waals surface area (Å²) in [6.07, 6.45) is -0.112. The largest absolute Gasteiger partial charge is 0.496 e. The molecule has 0 radical (unpaired) electrons. The summed E-state index contributed by atoms with van der Waals surface area (Å²) in [4.78, 5) is 35.9. The van der Waals surface area contributed by atoms with Crippen LogP contribution >= 0.6 is 0 Å². The van der Waals surface area contributed by atoms with E-state index >= 15 is 0 Å². The van der Waals surface area contributed by atoms with Gasteiger partial charge in [-0.3, -0.25) is 14.4 Å². The molecule has 0 saturated carbocycles. The number of methoxy groups -OCH3 is 1. The number of rotatable bonds is 7. The van der Waals surface area contributed by atoms with E-state index in [1.165, 1.54) is 14.0 Å². The first kappa shape index (κ1) is 18.4. The van der Waals surface area contributed by atoms with Gasteiger partial charge in [0.1, 0.15) is 5.75 Å². The van der Waals surface area contributed by atoms with Crippen LogP contribution in [0, 0.1) is 0 Å². The molecule has 0 fully saturated rings. The normalized spacial score (nSPS) is 11.8. The van der Waals surface area contributed by atoms with Gasteiger partial charge in [-0.2, -0.15) is 0 Å². The predicted molar refractivity (Wildman–Crippen MR) is 94.6 cm³/mol.